The van der Waals surface area contributed by atoms with Crippen LogP contribution in [0.25, 0.3) is 11.3 Å². The molecule has 0 unspecified atom stereocenters. The SMILES string of the molecule is Fc1ccccc1-c1cnc(CCCl)[nH]1. The molecule has 2 rings (SSSR count). The summed E-state index contributed by atoms with van der Waals surface area (Å²) in [7, 11) is 0. The maximum Gasteiger partial charge on any atom is 0.132 e. The third-order valence-corrected chi connectivity index (χ3v) is 2.31. The van der Waals surface area contributed by atoms with Crippen molar-refractivity contribution >= 4 is 11.6 Å². The number of H-pyrrole nitrogens is 1. The summed E-state index contributed by atoms with van der Waals surface area (Å²) in [5.74, 6) is 1.03. The maximum atomic E-state index is 13.4. The van der Waals surface area contributed by atoms with Crippen LogP contribution >= 0.6 is 11.6 Å². The van der Waals surface area contributed by atoms with E-state index in [9.17, 15) is 4.39 Å². The lowest BCUT2D eigenvalue weighted by Crippen LogP contribution is -1.89. The standard InChI is InChI=1S/C11H10ClFN2/c12-6-5-11-14-7-10(15-11)8-3-1-2-4-9(8)13/h1-4,7H,5-6H2,(H,14,15). The molecule has 0 atom stereocenters. The number of aryl methyl sites for hydroxylation is 1. The molecular weight excluding hydrogens is 215 g/mol. The van der Waals surface area contributed by atoms with Crippen LogP contribution in [0.15, 0.2) is 30.5 Å². The largest absolute Gasteiger partial charge is 0.342 e. The molecule has 4 heteroatoms. The summed E-state index contributed by atoms with van der Waals surface area (Å²) in [5, 5.41) is 0. The Morgan fingerprint density at radius 2 is 2.13 bits per heavy atom. The van der Waals surface area contributed by atoms with Gasteiger partial charge in [-0.1, -0.05) is 12.1 Å². The average Bonchev–Trinajstić information content (AvgIpc) is 2.68. The summed E-state index contributed by atoms with van der Waals surface area (Å²) in [6, 6.07) is 6.60. The van der Waals surface area contributed by atoms with Gasteiger partial charge in [0.15, 0.2) is 0 Å². The molecule has 0 saturated carbocycles. The number of hydrogen-bond donors (Lipinski definition) is 1. The molecule has 78 valence electrons. The van der Waals surface area contributed by atoms with Crippen LogP contribution in [0.3, 0.4) is 0 Å². The van der Waals surface area contributed by atoms with Gasteiger partial charge in [-0.05, 0) is 12.1 Å². The number of benzene rings is 1. The van der Waals surface area contributed by atoms with Gasteiger partial charge >= 0.3 is 0 Å². The third-order valence-electron chi connectivity index (χ3n) is 2.12. The van der Waals surface area contributed by atoms with E-state index in [1.54, 1.807) is 24.4 Å². The van der Waals surface area contributed by atoms with E-state index in [4.69, 9.17) is 11.6 Å². The first-order valence-electron chi connectivity index (χ1n) is 4.66. The Balaban J connectivity index is 2.33. The zero-order chi connectivity index (χ0) is 10.7. The summed E-state index contributed by atoms with van der Waals surface area (Å²) < 4.78 is 13.4. The summed E-state index contributed by atoms with van der Waals surface area (Å²) in [4.78, 5) is 7.15. The average molecular weight is 225 g/mol. The predicted molar refractivity (Wildman–Crippen MR) is 58.4 cm³/mol. The van der Waals surface area contributed by atoms with E-state index in [0.717, 1.165) is 5.82 Å². The monoisotopic (exact) mass is 224 g/mol. The molecule has 0 saturated heterocycles. The Hall–Kier alpha value is -1.35. The maximum absolute atomic E-state index is 13.4. The van der Waals surface area contributed by atoms with Crippen LogP contribution in [-0.4, -0.2) is 15.8 Å². The minimum Gasteiger partial charge on any atom is -0.342 e. The zero-order valence-electron chi connectivity index (χ0n) is 8.00. The molecule has 0 amide bonds. The number of nitrogens with zero attached hydrogens (tertiary/aromatic N) is 1. The molecule has 1 aromatic heterocycles. The molecule has 2 nitrogen and oxygen atoms in total. The fraction of sp³-hybridized carbons (Fsp3) is 0.182. The fourth-order valence-corrected chi connectivity index (χ4v) is 1.57. The number of imidazole rings is 1. The first-order valence-corrected chi connectivity index (χ1v) is 5.19. The molecule has 1 N–H and O–H groups in total. The van der Waals surface area contributed by atoms with Crippen molar-refractivity contribution in [2.75, 3.05) is 5.88 Å². The first kappa shape index (κ1) is 10.2. The number of alkyl halides is 1. The molecule has 0 spiro atoms. The summed E-state index contributed by atoms with van der Waals surface area (Å²) in [6.07, 6.45) is 2.29. The van der Waals surface area contributed by atoms with Crippen molar-refractivity contribution in [2.45, 2.75) is 6.42 Å². The van der Waals surface area contributed by atoms with E-state index in [2.05, 4.69) is 9.97 Å². The Morgan fingerprint density at radius 1 is 1.33 bits per heavy atom. The summed E-state index contributed by atoms with van der Waals surface area (Å²) in [5.41, 5.74) is 1.22. The van der Waals surface area contributed by atoms with Gasteiger partial charge in [-0.3, -0.25) is 0 Å². The van der Waals surface area contributed by atoms with Gasteiger partial charge in [0.2, 0.25) is 0 Å². The second-order valence-corrected chi connectivity index (χ2v) is 3.54. The highest BCUT2D eigenvalue weighted by Gasteiger charge is 2.06. The molecule has 0 aliphatic rings. The number of nitrogens with one attached hydrogen (secondary N) is 1. The van der Waals surface area contributed by atoms with Crippen molar-refractivity contribution in [3.05, 3.63) is 42.1 Å². The Kier molecular flexibility index (Phi) is 3.02. The molecular formula is C11H10ClFN2. The van der Waals surface area contributed by atoms with Gasteiger partial charge in [0.1, 0.15) is 11.6 Å². The Labute approximate surface area is 92.1 Å². The van der Waals surface area contributed by atoms with Crippen molar-refractivity contribution in [1.29, 1.82) is 0 Å². The van der Waals surface area contributed by atoms with E-state index in [-0.39, 0.29) is 5.82 Å². The Morgan fingerprint density at radius 3 is 2.87 bits per heavy atom. The topological polar surface area (TPSA) is 28.7 Å². The lowest BCUT2D eigenvalue weighted by atomic mass is 10.1. The first-order chi connectivity index (χ1) is 7.31. The summed E-state index contributed by atoms with van der Waals surface area (Å²) in [6.45, 7) is 0. The quantitative estimate of drug-likeness (QED) is 0.798. The van der Waals surface area contributed by atoms with Gasteiger partial charge in [0.05, 0.1) is 11.9 Å². The van der Waals surface area contributed by atoms with Crippen LogP contribution in [0.5, 0.6) is 0 Å². The van der Waals surface area contributed by atoms with E-state index >= 15 is 0 Å². The zero-order valence-corrected chi connectivity index (χ0v) is 8.76. The van der Waals surface area contributed by atoms with Crippen molar-refractivity contribution in [3.63, 3.8) is 0 Å². The van der Waals surface area contributed by atoms with Gasteiger partial charge in [0, 0.05) is 17.9 Å². The summed E-state index contributed by atoms with van der Waals surface area (Å²) >= 11 is 5.59. The second kappa shape index (κ2) is 4.45. The van der Waals surface area contributed by atoms with E-state index in [1.165, 1.54) is 6.07 Å². The van der Waals surface area contributed by atoms with Crippen molar-refractivity contribution < 1.29 is 4.39 Å². The van der Waals surface area contributed by atoms with Crippen LogP contribution in [0, 0.1) is 5.82 Å². The van der Waals surface area contributed by atoms with Gasteiger partial charge in [0.25, 0.3) is 0 Å². The molecule has 0 aliphatic heterocycles. The number of rotatable bonds is 3. The van der Waals surface area contributed by atoms with E-state index < -0.39 is 0 Å². The van der Waals surface area contributed by atoms with Crippen molar-refractivity contribution in [3.8, 4) is 11.3 Å². The predicted octanol–water partition coefficient (Wildman–Crippen LogP) is 3.00. The minimum absolute atomic E-state index is 0.251. The minimum atomic E-state index is -0.251. The van der Waals surface area contributed by atoms with Crippen LogP contribution in [0.1, 0.15) is 5.82 Å². The number of aromatic amines is 1. The van der Waals surface area contributed by atoms with Crippen LogP contribution in [0.2, 0.25) is 0 Å². The number of hydrogen-bond acceptors (Lipinski definition) is 1. The molecule has 0 bridgehead atoms. The van der Waals surface area contributed by atoms with Gasteiger partial charge in [-0.2, -0.15) is 0 Å². The lowest BCUT2D eigenvalue weighted by Gasteiger charge is -1.98. The van der Waals surface area contributed by atoms with Gasteiger partial charge in [-0.25, -0.2) is 9.37 Å². The molecule has 2 aromatic rings. The normalized spacial score (nSPS) is 10.5. The molecule has 1 aromatic carbocycles. The highest BCUT2D eigenvalue weighted by molar-refractivity contribution is 6.17. The second-order valence-electron chi connectivity index (χ2n) is 3.16. The van der Waals surface area contributed by atoms with Crippen LogP contribution < -0.4 is 0 Å². The number of halogens is 2. The van der Waals surface area contributed by atoms with Gasteiger partial charge < -0.3 is 4.98 Å². The highest BCUT2D eigenvalue weighted by atomic mass is 35.5. The van der Waals surface area contributed by atoms with E-state index in [1.807, 2.05) is 0 Å². The van der Waals surface area contributed by atoms with Crippen molar-refractivity contribution in [1.82, 2.24) is 9.97 Å². The third kappa shape index (κ3) is 2.18. The molecule has 0 fully saturated rings. The lowest BCUT2D eigenvalue weighted by molar-refractivity contribution is 0.631. The number of aromatic nitrogens is 2. The van der Waals surface area contributed by atoms with Gasteiger partial charge in [-0.15, -0.1) is 11.6 Å². The molecule has 15 heavy (non-hydrogen) atoms. The van der Waals surface area contributed by atoms with Crippen LogP contribution in [0.4, 0.5) is 4.39 Å². The van der Waals surface area contributed by atoms with E-state index in [0.29, 0.717) is 23.6 Å². The fourth-order valence-electron chi connectivity index (χ4n) is 1.40. The smallest absolute Gasteiger partial charge is 0.132 e. The highest BCUT2D eigenvalue weighted by Crippen LogP contribution is 2.20. The van der Waals surface area contributed by atoms with Crippen molar-refractivity contribution in [2.24, 2.45) is 0 Å². The van der Waals surface area contributed by atoms with Crippen LogP contribution in [-0.2, 0) is 6.42 Å². The molecule has 0 radical (unpaired) electrons. The Bertz CT molecular complexity index is 453. The molecule has 1 heterocycles. The molecule has 0 aliphatic carbocycles.